The molecule has 2 N–H and O–H groups in total. The topological polar surface area (TPSA) is 32.3 Å². The Labute approximate surface area is 80.6 Å². The first-order chi connectivity index (χ1) is 6.70. The molecule has 1 fully saturated rings. The molecule has 0 spiro atoms. The van der Waals surface area contributed by atoms with Gasteiger partial charge >= 0.3 is 0 Å². The lowest BCUT2D eigenvalue weighted by atomic mass is 9.91. The van der Waals surface area contributed by atoms with Crippen LogP contribution >= 0.6 is 0 Å². The molecule has 0 saturated carbocycles. The molecule has 1 aromatic carbocycles. The number of aliphatic hydroxyl groups is 1. The molecule has 1 aliphatic heterocycles. The molecule has 0 bridgehead atoms. The molecule has 1 atom stereocenters. The van der Waals surface area contributed by atoms with Gasteiger partial charge < -0.3 is 10.4 Å². The molecule has 1 unspecified atom stereocenters. The van der Waals surface area contributed by atoms with Crippen LogP contribution < -0.4 is 5.32 Å². The molecular formula is C10H11F2NO. The van der Waals surface area contributed by atoms with E-state index in [-0.39, 0.29) is 11.5 Å². The predicted molar refractivity (Wildman–Crippen MR) is 47.7 cm³/mol. The van der Waals surface area contributed by atoms with Gasteiger partial charge in [0.05, 0.1) is 6.10 Å². The molecule has 14 heavy (non-hydrogen) atoms. The predicted octanol–water partition coefficient (Wildman–Crippen LogP) is 1.22. The second kappa shape index (κ2) is 3.63. The number of halogens is 2. The van der Waals surface area contributed by atoms with E-state index in [1.165, 1.54) is 12.1 Å². The van der Waals surface area contributed by atoms with Crippen LogP contribution in [0.3, 0.4) is 0 Å². The summed E-state index contributed by atoms with van der Waals surface area (Å²) in [4.78, 5) is 0. The van der Waals surface area contributed by atoms with Crippen molar-refractivity contribution >= 4 is 0 Å². The quantitative estimate of drug-likeness (QED) is 0.750. The molecule has 1 saturated heterocycles. The number of hydrogen-bond acceptors (Lipinski definition) is 2. The molecule has 2 nitrogen and oxygen atoms in total. The third kappa shape index (κ3) is 1.51. The van der Waals surface area contributed by atoms with Gasteiger partial charge in [-0.1, -0.05) is 12.1 Å². The molecule has 1 aromatic rings. The van der Waals surface area contributed by atoms with E-state index in [0.717, 1.165) is 6.07 Å². The molecule has 0 aliphatic carbocycles. The summed E-state index contributed by atoms with van der Waals surface area (Å²) >= 11 is 0. The molecule has 0 radical (unpaired) electrons. The minimum atomic E-state index is -0.938. The van der Waals surface area contributed by atoms with Crippen molar-refractivity contribution in [1.29, 1.82) is 0 Å². The van der Waals surface area contributed by atoms with Gasteiger partial charge in [-0.2, -0.15) is 0 Å². The van der Waals surface area contributed by atoms with Gasteiger partial charge in [0.25, 0.3) is 0 Å². The second-order valence-electron chi connectivity index (χ2n) is 3.51. The molecule has 2 rings (SSSR count). The zero-order valence-electron chi connectivity index (χ0n) is 7.50. The van der Waals surface area contributed by atoms with Crippen LogP contribution in [0.4, 0.5) is 8.78 Å². The fraction of sp³-hybridized carbons (Fsp3) is 0.400. The van der Waals surface area contributed by atoms with Crippen molar-refractivity contribution in [3.63, 3.8) is 0 Å². The second-order valence-corrected chi connectivity index (χ2v) is 3.51. The van der Waals surface area contributed by atoms with E-state index in [0.29, 0.717) is 13.1 Å². The molecule has 1 heterocycles. The van der Waals surface area contributed by atoms with E-state index in [9.17, 15) is 13.9 Å². The summed E-state index contributed by atoms with van der Waals surface area (Å²) in [5.41, 5.74) is 0.0523. The third-order valence-corrected chi connectivity index (χ3v) is 2.56. The molecule has 0 amide bonds. The number of hydrogen-bond donors (Lipinski definition) is 2. The minimum Gasteiger partial charge on any atom is -0.388 e. The van der Waals surface area contributed by atoms with E-state index >= 15 is 0 Å². The zero-order valence-corrected chi connectivity index (χ0v) is 7.50. The first-order valence-corrected chi connectivity index (χ1v) is 4.53. The largest absolute Gasteiger partial charge is 0.388 e. The van der Waals surface area contributed by atoms with Crippen molar-refractivity contribution in [2.24, 2.45) is 5.92 Å². The molecule has 76 valence electrons. The number of nitrogens with one attached hydrogen (secondary N) is 1. The smallest absolute Gasteiger partial charge is 0.164 e. The van der Waals surface area contributed by atoms with Gasteiger partial charge in [0.2, 0.25) is 0 Å². The van der Waals surface area contributed by atoms with Gasteiger partial charge in [0.1, 0.15) is 0 Å². The Morgan fingerprint density at radius 3 is 2.64 bits per heavy atom. The standard InChI is InChI=1S/C10H11F2NO/c11-8-3-1-2-7(9(8)12)10(14)6-4-13-5-6/h1-3,6,10,13-14H,4-5H2. The Bertz CT molecular complexity index is 339. The minimum absolute atomic E-state index is 0.00806. The van der Waals surface area contributed by atoms with Gasteiger partial charge in [0, 0.05) is 24.6 Å². The highest BCUT2D eigenvalue weighted by Gasteiger charge is 2.28. The average molecular weight is 199 g/mol. The van der Waals surface area contributed by atoms with Crippen LogP contribution in [-0.2, 0) is 0 Å². The lowest BCUT2D eigenvalue weighted by Gasteiger charge is -2.31. The van der Waals surface area contributed by atoms with Crippen molar-refractivity contribution in [3.05, 3.63) is 35.4 Å². The Kier molecular flexibility index (Phi) is 2.48. The fourth-order valence-corrected chi connectivity index (χ4v) is 1.54. The number of aliphatic hydroxyl groups excluding tert-OH is 1. The third-order valence-electron chi connectivity index (χ3n) is 2.56. The van der Waals surface area contributed by atoms with Crippen LogP contribution in [0.15, 0.2) is 18.2 Å². The molecule has 4 heteroatoms. The highest BCUT2D eigenvalue weighted by molar-refractivity contribution is 5.22. The molecule has 0 aromatic heterocycles. The number of benzene rings is 1. The van der Waals surface area contributed by atoms with E-state index in [4.69, 9.17) is 0 Å². The van der Waals surface area contributed by atoms with Gasteiger partial charge in [-0.25, -0.2) is 8.78 Å². The Balaban J connectivity index is 2.26. The van der Waals surface area contributed by atoms with E-state index < -0.39 is 17.7 Å². The van der Waals surface area contributed by atoms with Crippen LogP contribution in [0.5, 0.6) is 0 Å². The Hall–Kier alpha value is -1.00. The van der Waals surface area contributed by atoms with Gasteiger partial charge in [-0.15, -0.1) is 0 Å². The van der Waals surface area contributed by atoms with E-state index in [2.05, 4.69) is 5.32 Å². The van der Waals surface area contributed by atoms with E-state index in [1.807, 2.05) is 0 Å². The van der Waals surface area contributed by atoms with E-state index in [1.54, 1.807) is 0 Å². The summed E-state index contributed by atoms with van der Waals surface area (Å²) in [7, 11) is 0. The summed E-state index contributed by atoms with van der Waals surface area (Å²) in [5, 5.41) is 12.7. The SMILES string of the molecule is OC(c1cccc(F)c1F)C1CNC1. The summed E-state index contributed by atoms with van der Waals surface area (Å²) in [5.74, 6) is -1.85. The van der Waals surface area contributed by atoms with Crippen molar-refractivity contribution in [2.45, 2.75) is 6.10 Å². The summed E-state index contributed by atoms with van der Waals surface area (Å²) in [6.07, 6.45) is -0.910. The van der Waals surface area contributed by atoms with Crippen LogP contribution in [-0.4, -0.2) is 18.2 Å². The molecule has 1 aliphatic rings. The van der Waals surface area contributed by atoms with Crippen molar-refractivity contribution in [1.82, 2.24) is 5.32 Å². The van der Waals surface area contributed by atoms with Crippen molar-refractivity contribution in [2.75, 3.05) is 13.1 Å². The highest BCUT2D eigenvalue weighted by atomic mass is 19.2. The lowest BCUT2D eigenvalue weighted by molar-refractivity contribution is 0.0730. The van der Waals surface area contributed by atoms with Crippen LogP contribution in [0.1, 0.15) is 11.7 Å². The first-order valence-electron chi connectivity index (χ1n) is 4.53. The zero-order chi connectivity index (χ0) is 10.1. The normalized spacial score (nSPS) is 19.1. The van der Waals surface area contributed by atoms with Crippen LogP contribution in [0, 0.1) is 17.6 Å². The van der Waals surface area contributed by atoms with Gasteiger partial charge in [0.15, 0.2) is 11.6 Å². The van der Waals surface area contributed by atoms with Crippen molar-refractivity contribution < 1.29 is 13.9 Å². The number of rotatable bonds is 2. The fourth-order valence-electron chi connectivity index (χ4n) is 1.54. The van der Waals surface area contributed by atoms with Crippen molar-refractivity contribution in [3.8, 4) is 0 Å². The summed E-state index contributed by atoms with van der Waals surface area (Å²) in [6, 6.07) is 3.87. The van der Waals surface area contributed by atoms with Crippen LogP contribution in [0.25, 0.3) is 0 Å². The highest BCUT2D eigenvalue weighted by Crippen LogP contribution is 2.27. The summed E-state index contributed by atoms with van der Waals surface area (Å²) < 4.78 is 26.0. The first kappa shape index (κ1) is 9.55. The monoisotopic (exact) mass is 199 g/mol. The maximum atomic E-state index is 13.2. The Morgan fingerprint density at radius 1 is 1.36 bits per heavy atom. The van der Waals surface area contributed by atoms with Crippen LogP contribution in [0.2, 0.25) is 0 Å². The molecular weight excluding hydrogens is 188 g/mol. The lowest BCUT2D eigenvalue weighted by Crippen LogP contribution is -2.45. The Morgan fingerprint density at radius 2 is 2.07 bits per heavy atom. The summed E-state index contributed by atoms with van der Waals surface area (Å²) in [6.45, 7) is 1.30. The average Bonchev–Trinajstić information content (AvgIpc) is 2.06. The maximum Gasteiger partial charge on any atom is 0.164 e. The van der Waals surface area contributed by atoms with Gasteiger partial charge in [-0.3, -0.25) is 0 Å². The maximum absolute atomic E-state index is 13.2. The van der Waals surface area contributed by atoms with Gasteiger partial charge in [-0.05, 0) is 6.07 Å².